The highest BCUT2D eigenvalue weighted by Crippen LogP contribution is 2.49. The van der Waals surface area contributed by atoms with E-state index in [9.17, 15) is 23.1 Å². The van der Waals surface area contributed by atoms with Gasteiger partial charge in [0.25, 0.3) is 0 Å². The number of aliphatic hydroxyl groups is 1. The summed E-state index contributed by atoms with van der Waals surface area (Å²) in [7, 11) is 0. The molecule has 3 atom stereocenters. The van der Waals surface area contributed by atoms with E-state index >= 15 is 0 Å². The number of rotatable bonds is 5. The van der Waals surface area contributed by atoms with Crippen LogP contribution in [0.1, 0.15) is 29.6 Å². The Morgan fingerprint density at radius 1 is 1.08 bits per heavy atom. The highest BCUT2D eigenvalue weighted by atomic mass is 19.1. The van der Waals surface area contributed by atoms with Gasteiger partial charge in [-0.15, -0.1) is 0 Å². The SMILES string of the molecule is O=C(NCC(O)c1ccccc1F)C1CC1c1c(F)cccc1F. The molecule has 24 heavy (non-hydrogen) atoms. The van der Waals surface area contributed by atoms with Crippen molar-refractivity contribution in [3.8, 4) is 0 Å². The maximum atomic E-state index is 13.7. The number of nitrogens with one attached hydrogen (secondary N) is 1. The molecule has 6 heteroatoms. The first-order valence-corrected chi connectivity index (χ1v) is 7.63. The zero-order chi connectivity index (χ0) is 17.3. The fraction of sp³-hybridized carbons (Fsp3) is 0.278. The number of aliphatic hydroxyl groups excluding tert-OH is 1. The predicted octanol–water partition coefficient (Wildman–Crippen LogP) is 3.06. The van der Waals surface area contributed by atoms with Crippen molar-refractivity contribution in [2.75, 3.05) is 6.54 Å². The molecule has 1 aliphatic rings. The van der Waals surface area contributed by atoms with Gasteiger partial charge in [0, 0.05) is 29.5 Å². The van der Waals surface area contributed by atoms with Gasteiger partial charge in [-0.1, -0.05) is 24.3 Å². The summed E-state index contributed by atoms with van der Waals surface area (Å²) in [6.07, 6.45) is -0.836. The Labute approximate surface area is 137 Å². The quantitative estimate of drug-likeness (QED) is 0.882. The smallest absolute Gasteiger partial charge is 0.223 e. The second-order valence-corrected chi connectivity index (χ2v) is 5.87. The summed E-state index contributed by atoms with van der Waals surface area (Å²) < 4.78 is 41.0. The van der Waals surface area contributed by atoms with Crippen LogP contribution in [-0.2, 0) is 4.79 Å². The Morgan fingerprint density at radius 3 is 2.38 bits per heavy atom. The van der Waals surface area contributed by atoms with E-state index in [-0.39, 0.29) is 17.7 Å². The maximum Gasteiger partial charge on any atom is 0.223 e. The molecule has 1 aliphatic carbocycles. The van der Waals surface area contributed by atoms with Gasteiger partial charge < -0.3 is 10.4 Å². The highest BCUT2D eigenvalue weighted by molar-refractivity contribution is 5.83. The molecule has 0 aliphatic heterocycles. The van der Waals surface area contributed by atoms with Crippen LogP contribution in [0.5, 0.6) is 0 Å². The van der Waals surface area contributed by atoms with E-state index in [0.29, 0.717) is 6.42 Å². The van der Waals surface area contributed by atoms with Crippen LogP contribution in [0.15, 0.2) is 42.5 Å². The van der Waals surface area contributed by atoms with Gasteiger partial charge in [0.05, 0.1) is 6.10 Å². The first kappa shape index (κ1) is 16.5. The van der Waals surface area contributed by atoms with Crippen molar-refractivity contribution in [1.29, 1.82) is 0 Å². The Bertz CT molecular complexity index is 745. The molecule has 1 saturated carbocycles. The summed E-state index contributed by atoms with van der Waals surface area (Å²) in [5.74, 6) is -3.33. The minimum Gasteiger partial charge on any atom is -0.386 e. The summed E-state index contributed by atoms with van der Waals surface area (Å²) in [5.41, 5.74) is 0.0117. The molecule has 0 radical (unpaired) electrons. The molecule has 0 heterocycles. The average Bonchev–Trinajstić information content (AvgIpc) is 3.33. The summed E-state index contributed by atoms with van der Waals surface area (Å²) in [6.45, 7) is -0.164. The lowest BCUT2D eigenvalue weighted by molar-refractivity contribution is -0.122. The Hall–Kier alpha value is -2.34. The van der Waals surface area contributed by atoms with Gasteiger partial charge in [-0.05, 0) is 24.6 Å². The lowest BCUT2D eigenvalue weighted by atomic mass is 10.1. The van der Waals surface area contributed by atoms with Gasteiger partial charge in [0.2, 0.25) is 5.91 Å². The van der Waals surface area contributed by atoms with Crippen LogP contribution >= 0.6 is 0 Å². The van der Waals surface area contributed by atoms with E-state index < -0.39 is 41.3 Å². The Morgan fingerprint density at radius 2 is 1.71 bits per heavy atom. The normalized spacial score (nSPS) is 20.5. The number of benzene rings is 2. The predicted molar refractivity (Wildman–Crippen MR) is 81.6 cm³/mol. The van der Waals surface area contributed by atoms with Crippen molar-refractivity contribution >= 4 is 5.91 Å². The molecule has 126 valence electrons. The monoisotopic (exact) mass is 335 g/mol. The van der Waals surface area contributed by atoms with Gasteiger partial charge in [-0.25, -0.2) is 13.2 Å². The molecule has 1 amide bonds. The minimum absolute atomic E-state index is 0.0766. The van der Waals surface area contributed by atoms with Crippen LogP contribution in [0.3, 0.4) is 0 Å². The molecular weight excluding hydrogens is 319 g/mol. The molecule has 0 bridgehead atoms. The summed E-state index contributed by atoms with van der Waals surface area (Å²) >= 11 is 0. The second kappa shape index (κ2) is 6.65. The van der Waals surface area contributed by atoms with E-state index in [1.807, 2.05) is 0 Å². The highest BCUT2D eigenvalue weighted by Gasteiger charge is 2.46. The van der Waals surface area contributed by atoms with E-state index in [0.717, 1.165) is 12.1 Å². The van der Waals surface area contributed by atoms with Crippen molar-refractivity contribution in [2.24, 2.45) is 5.92 Å². The fourth-order valence-electron chi connectivity index (χ4n) is 2.85. The second-order valence-electron chi connectivity index (χ2n) is 5.87. The summed E-state index contributed by atoms with van der Waals surface area (Å²) in [4.78, 5) is 12.1. The number of hydrogen-bond acceptors (Lipinski definition) is 2. The molecule has 2 N–H and O–H groups in total. The average molecular weight is 335 g/mol. The number of amides is 1. The molecule has 0 saturated heterocycles. The van der Waals surface area contributed by atoms with Gasteiger partial charge in [0.15, 0.2) is 0 Å². The fourth-order valence-corrected chi connectivity index (χ4v) is 2.85. The van der Waals surface area contributed by atoms with Crippen molar-refractivity contribution in [3.63, 3.8) is 0 Å². The van der Waals surface area contributed by atoms with Gasteiger partial charge in [-0.3, -0.25) is 4.79 Å². The van der Waals surface area contributed by atoms with Crippen molar-refractivity contribution in [3.05, 3.63) is 71.0 Å². The zero-order valence-electron chi connectivity index (χ0n) is 12.7. The van der Waals surface area contributed by atoms with Gasteiger partial charge in [-0.2, -0.15) is 0 Å². The maximum absolute atomic E-state index is 13.7. The third-order valence-electron chi connectivity index (χ3n) is 4.23. The number of hydrogen-bond donors (Lipinski definition) is 2. The Kier molecular flexibility index (Phi) is 4.57. The molecule has 0 spiro atoms. The minimum atomic E-state index is -1.18. The molecule has 2 aromatic rings. The third kappa shape index (κ3) is 3.28. The van der Waals surface area contributed by atoms with Crippen LogP contribution in [0, 0.1) is 23.4 Å². The Balaban J connectivity index is 1.59. The van der Waals surface area contributed by atoms with Gasteiger partial charge >= 0.3 is 0 Å². The van der Waals surface area contributed by atoms with E-state index in [4.69, 9.17) is 0 Å². The lowest BCUT2D eigenvalue weighted by Gasteiger charge is -2.13. The molecule has 0 aromatic heterocycles. The number of halogens is 3. The standard InChI is InChI=1S/C18H16F3NO2/c19-13-5-2-1-4-10(13)16(23)9-22-18(24)12-8-11(12)17-14(20)6-3-7-15(17)21/h1-7,11-12,16,23H,8-9H2,(H,22,24). The van der Waals surface area contributed by atoms with E-state index in [2.05, 4.69) is 5.32 Å². The molecular formula is C18H16F3NO2. The lowest BCUT2D eigenvalue weighted by Crippen LogP contribution is -2.30. The number of carbonyl (C=O) groups is 1. The topological polar surface area (TPSA) is 49.3 Å². The van der Waals surface area contributed by atoms with Crippen LogP contribution < -0.4 is 5.32 Å². The van der Waals surface area contributed by atoms with E-state index in [1.165, 1.54) is 24.3 Å². The van der Waals surface area contributed by atoms with Crippen LogP contribution in [-0.4, -0.2) is 17.6 Å². The summed E-state index contributed by atoms with van der Waals surface area (Å²) in [5, 5.41) is 12.5. The third-order valence-corrected chi connectivity index (χ3v) is 4.23. The van der Waals surface area contributed by atoms with E-state index in [1.54, 1.807) is 6.07 Å². The van der Waals surface area contributed by atoms with Crippen LogP contribution in [0.25, 0.3) is 0 Å². The molecule has 3 unspecified atom stereocenters. The molecule has 1 fully saturated rings. The summed E-state index contributed by atoms with van der Waals surface area (Å²) in [6, 6.07) is 9.33. The molecule has 3 nitrogen and oxygen atoms in total. The first-order chi connectivity index (χ1) is 11.5. The molecule has 2 aromatic carbocycles. The largest absolute Gasteiger partial charge is 0.386 e. The zero-order valence-corrected chi connectivity index (χ0v) is 12.7. The van der Waals surface area contributed by atoms with Crippen LogP contribution in [0.2, 0.25) is 0 Å². The first-order valence-electron chi connectivity index (χ1n) is 7.63. The van der Waals surface area contributed by atoms with Crippen molar-refractivity contribution in [2.45, 2.75) is 18.4 Å². The molecule has 3 rings (SSSR count). The number of carbonyl (C=O) groups excluding carboxylic acids is 1. The van der Waals surface area contributed by atoms with Crippen molar-refractivity contribution < 1.29 is 23.1 Å². The van der Waals surface area contributed by atoms with Crippen LogP contribution in [0.4, 0.5) is 13.2 Å². The van der Waals surface area contributed by atoms with Gasteiger partial charge in [0.1, 0.15) is 17.5 Å². The van der Waals surface area contributed by atoms with Crippen molar-refractivity contribution in [1.82, 2.24) is 5.32 Å².